The molecule has 0 spiro atoms. The molecular weight excluding hydrogens is 456 g/mol. The highest BCUT2D eigenvalue weighted by molar-refractivity contribution is 5.96. The van der Waals surface area contributed by atoms with E-state index in [1.165, 1.54) is 0 Å². The number of rotatable bonds is 4. The van der Waals surface area contributed by atoms with E-state index < -0.39 is 0 Å². The summed E-state index contributed by atoms with van der Waals surface area (Å²) in [6.45, 7) is 13.1. The molecule has 2 aromatic rings. The molecule has 0 aromatic heterocycles. The van der Waals surface area contributed by atoms with Crippen LogP contribution in [0, 0.1) is 0 Å². The first-order valence-corrected chi connectivity index (χ1v) is 12.6. The molecular formula is C26H40N8O2. The highest BCUT2D eigenvalue weighted by Gasteiger charge is 2.22. The molecule has 2 aromatic carbocycles. The fraction of sp³-hybridized carbons (Fsp3) is 0.462. The number of piperazine rings is 2. The Hall–Kier alpha value is -3.50. The van der Waals surface area contributed by atoms with E-state index >= 15 is 0 Å². The molecule has 2 fully saturated rings. The van der Waals surface area contributed by atoms with Crippen LogP contribution in [0.2, 0.25) is 0 Å². The van der Waals surface area contributed by atoms with Crippen molar-refractivity contribution in [3.05, 3.63) is 47.5 Å². The largest absolute Gasteiger partial charge is 0.399 e. The van der Waals surface area contributed by atoms with Crippen molar-refractivity contribution in [2.45, 2.75) is 13.8 Å². The molecule has 2 aliphatic rings. The van der Waals surface area contributed by atoms with Crippen molar-refractivity contribution in [3.63, 3.8) is 0 Å². The lowest BCUT2D eigenvalue weighted by Gasteiger charge is -2.34. The van der Waals surface area contributed by atoms with Crippen LogP contribution in [0.1, 0.15) is 34.6 Å². The predicted octanol–water partition coefficient (Wildman–Crippen LogP) is 1.26. The average molecular weight is 497 g/mol. The molecule has 2 saturated heterocycles. The molecule has 0 unspecified atom stereocenters. The van der Waals surface area contributed by atoms with Crippen molar-refractivity contribution in [2.24, 2.45) is 0 Å². The maximum Gasteiger partial charge on any atom is 0.254 e. The summed E-state index contributed by atoms with van der Waals surface area (Å²) in [5.74, 6) is 0.0366. The fourth-order valence-electron chi connectivity index (χ4n) is 4.50. The minimum absolute atomic E-state index is 0.0183. The Balaban J connectivity index is 0.000000201. The Bertz CT molecular complexity index is 920. The van der Waals surface area contributed by atoms with Crippen molar-refractivity contribution < 1.29 is 9.59 Å². The minimum Gasteiger partial charge on any atom is -0.399 e. The molecule has 2 amide bonds. The number of hydrogen-bond acceptors (Lipinski definition) is 8. The van der Waals surface area contributed by atoms with Gasteiger partial charge in [-0.15, -0.1) is 0 Å². The second kappa shape index (κ2) is 12.5. The maximum atomic E-state index is 12.3. The molecule has 0 atom stereocenters. The molecule has 8 N–H and O–H groups in total. The van der Waals surface area contributed by atoms with E-state index in [0.717, 1.165) is 65.4 Å². The molecule has 4 rings (SSSR count). The number of benzene rings is 2. The molecule has 2 aliphatic heterocycles. The fourth-order valence-corrected chi connectivity index (χ4v) is 4.50. The first kappa shape index (κ1) is 27.1. The van der Waals surface area contributed by atoms with Gasteiger partial charge < -0.3 is 42.5 Å². The molecule has 2 heterocycles. The lowest BCUT2D eigenvalue weighted by atomic mass is 10.1. The second-order valence-corrected chi connectivity index (χ2v) is 9.23. The van der Waals surface area contributed by atoms with Gasteiger partial charge in [0.15, 0.2) is 0 Å². The zero-order valence-electron chi connectivity index (χ0n) is 21.4. The summed E-state index contributed by atoms with van der Waals surface area (Å²) in [6.07, 6.45) is 0. The minimum atomic E-state index is 0.0183. The molecule has 0 radical (unpaired) electrons. The number of carbonyl (C=O) groups excluding carboxylic acids is 2. The van der Waals surface area contributed by atoms with Gasteiger partial charge in [0.2, 0.25) is 0 Å². The number of carbonyl (C=O) groups is 2. The highest BCUT2D eigenvalue weighted by Crippen LogP contribution is 2.17. The summed E-state index contributed by atoms with van der Waals surface area (Å²) in [7, 11) is 0. The van der Waals surface area contributed by atoms with Gasteiger partial charge in [0.05, 0.1) is 0 Å². The third-order valence-electron chi connectivity index (χ3n) is 6.66. The van der Waals surface area contributed by atoms with Crippen molar-refractivity contribution >= 4 is 34.6 Å². The van der Waals surface area contributed by atoms with Crippen molar-refractivity contribution in [1.82, 2.24) is 19.6 Å². The van der Waals surface area contributed by atoms with Crippen molar-refractivity contribution in [1.29, 1.82) is 0 Å². The van der Waals surface area contributed by atoms with Crippen LogP contribution in [0.5, 0.6) is 0 Å². The van der Waals surface area contributed by atoms with Crippen LogP contribution in [0.25, 0.3) is 0 Å². The SMILES string of the molecule is CCN1CCN(C(=O)c2cc(N)cc(N)c2)CC1.CCN1CCN(C(=O)c2cc(N)cc(N)c2)CC1. The molecule has 0 saturated carbocycles. The standard InChI is InChI=1S/2C13H20N4O/c2*1-2-16-3-5-17(6-4-16)13(18)10-7-11(14)9-12(15)8-10/h2*7-9H,2-6,14-15H2,1H3. The van der Waals surface area contributed by atoms with E-state index in [1.807, 2.05) is 9.80 Å². The first-order valence-electron chi connectivity index (χ1n) is 12.6. The van der Waals surface area contributed by atoms with Crippen LogP contribution in [-0.4, -0.2) is 96.9 Å². The molecule has 10 heteroatoms. The van der Waals surface area contributed by atoms with Crippen LogP contribution in [-0.2, 0) is 0 Å². The Morgan fingerprint density at radius 1 is 0.556 bits per heavy atom. The van der Waals surface area contributed by atoms with Gasteiger partial charge in [0.1, 0.15) is 0 Å². The quantitative estimate of drug-likeness (QED) is 0.462. The number of nitrogens with two attached hydrogens (primary N) is 4. The molecule has 36 heavy (non-hydrogen) atoms. The van der Waals surface area contributed by atoms with Gasteiger partial charge in [0.25, 0.3) is 11.8 Å². The predicted molar refractivity (Wildman–Crippen MR) is 147 cm³/mol. The van der Waals surface area contributed by atoms with Crippen LogP contribution in [0.15, 0.2) is 36.4 Å². The zero-order chi connectivity index (χ0) is 26.2. The van der Waals surface area contributed by atoms with E-state index in [1.54, 1.807) is 36.4 Å². The summed E-state index contributed by atoms with van der Waals surface area (Å²) in [4.78, 5) is 33.0. The number of likely N-dealkylation sites (N-methyl/N-ethyl adjacent to an activating group) is 2. The second-order valence-electron chi connectivity index (χ2n) is 9.23. The Morgan fingerprint density at radius 2 is 0.833 bits per heavy atom. The summed E-state index contributed by atoms with van der Waals surface area (Å²) in [5, 5.41) is 0. The van der Waals surface area contributed by atoms with E-state index in [-0.39, 0.29) is 11.8 Å². The van der Waals surface area contributed by atoms with Gasteiger partial charge in [0, 0.05) is 86.2 Å². The van der Waals surface area contributed by atoms with Gasteiger partial charge in [-0.3, -0.25) is 9.59 Å². The third kappa shape index (κ3) is 7.25. The van der Waals surface area contributed by atoms with E-state index in [0.29, 0.717) is 33.9 Å². The number of amides is 2. The van der Waals surface area contributed by atoms with E-state index in [4.69, 9.17) is 22.9 Å². The van der Waals surface area contributed by atoms with E-state index in [9.17, 15) is 9.59 Å². The summed E-state index contributed by atoms with van der Waals surface area (Å²) >= 11 is 0. The zero-order valence-corrected chi connectivity index (χ0v) is 21.4. The van der Waals surface area contributed by atoms with Gasteiger partial charge in [-0.1, -0.05) is 13.8 Å². The van der Waals surface area contributed by atoms with Gasteiger partial charge in [-0.25, -0.2) is 0 Å². The molecule has 10 nitrogen and oxygen atoms in total. The third-order valence-corrected chi connectivity index (χ3v) is 6.66. The lowest BCUT2D eigenvalue weighted by molar-refractivity contribution is 0.0637. The van der Waals surface area contributed by atoms with Crippen molar-refractivity contribution in [3.8, 4) is 0 Å². The van der Waals surface area contributed by atoms with E-state index in [2.05, 4.69) is 23.6 Å². The van der Waals surface area contributed by atoms with Crippen molar-refractivity contribution in [2.75, 3.05) is 88.4 Å². The average Bonchev–Trinajstić information content (AvgIpc) is 2.87. The Kier molecular flexibility index (Phi) is 9.38. The normalized spacial score (nSPS) is 16.8. The summed E-state index contributed by atoms with van der Waals surface area (Å²) < 4.78 is 0. The van der Waals surface area contributed by atoms with Crippen LogP contribution in [0.3, 0.4) is 0 Å². The maximum absolute atomic E-state index is 12.3. The number of anilines is 4. The Morgan fingerprint density at radius 3 is 1.08 bits per heavy atom. The molecule has 196 valence electrons. The number of nitrogen functional groups attached to an aromatic ring is 4. The van der Waals surface area contributed by atoms with Gasteiger partial charge >= 0.3 is 0 Å². The Labute approximate surface area is 213 Å². The van der Waals surface area contributed by atoms with Gasteiger partial charge in [-0.2, -0.15) is 0 Å². The topological polar surface area (TPSA) is 151 Å². The van der Waals surface area contributed by atoms with Crippen LogP contribution >= 0.6 is 0 Å². The van der Waals surface area contributed by atoms with Crippen LogP contribution in [0.4, 0.5) is 22.7 Å². The monoisotopic (exact) mass is 496 g/mol. The van der Waals surface area contributed by atoms with Gasteiger partial charge in [-0.05, 0) is 49.5 Å². The summed E-state index contributed by atoms with van der Waals surface area (Å²) in [5.41, 5.74) is 26.1. The smallest absolute Gasteiger partial charge is 0.254 e. The lowest BCUT2D eigenvalue weighted by Crippen LogP contribution is -2.48. The highest BCUT2D eigenvalue weighted by atomic mass is 16.2. The molecule has 0 aliphatic carbocycles. The number of hydrogen-bond donors (Lipinski definition) is 4. The molecule has 0 bridgehead atoms. The number of nitrogens with zero attached hydrogens (tertiary/aromatic N) is 4. The summed E-state index contributed by atoms with van der Waals surface area (Å²) in [6, 6.07) is 10.1. The first-order chi connectivity index (χ1) is 17.2. The van der Waals surface area contributed by atoms with Crippen LogP contribution < -0.4 is 22.9 Å².